The first-order valence-corrected chi connectivity index (χ1v) is 6.73. The van der Waals surface area contributed by atoms with Crippen molar-refractivity contribution in [2.45, 2.75) is 19.8 Å². The van der Waals surface area contributed by atoms with E-state index in [9.17, 15) is 10.1 Å². The molecule has 0 radical (unpaired) electrons. The number of rotatable bonds is 4. The number of nitro benzene ring substituents is 1. The van der Waals surface area contributed by atoms with Crippen LogP contribution in [0.15, 0.2) is 18.2 Å². The third-order valence-corrected chi connectivity index (χ3v) is 3.71. The number of benzene rings is 1. The summed E-state index contributed by atoms with van der Waals surface area (Å²) in [4.78, 5) is 12.8. The van der Waals surface area contributed by atoms with Crippen LogP contribution in [-0.2, 0) is 0 Å². The lowest BCUT2D eigenvalue weighted by Crippen LogP contribution is -2.35. The molecule has 1 aliphatic rings. The van der Waals surface area contributed by atoms with Gasteiger partial charge in [0.2, 0.25) is 0 Å². The lowest BCUT2D eigenvalue weighted by molar-refractivity contribution is -0.385. The highest BCUT2D eigenvalue weighted by Gasteiger charge is 2.17. The number of piperidine rings is 1. The first-order valence-electron chi connectivity index (χ1n) is 6.73. The second-order valence-corrected chi connectivity index (χ2v) is 5.41. The first kappa shape index (κ1) is 13.8. The highest BCUT2D eigenvalue weighted by atomic mass is 16.6. The number of nitrogens with zero attached hydrogens (tertiary/aromatic N) is 2. The molecule has 1 heterocycles. The number of hydrogen-bond donors (Lipinski definition) is 1. The topological polar surface area (TPSA) is 58.4 Å². The molecule has 0 saturated carbocycles. The molecule has 1 N–H and O–H groups in total. The Hall–Kier alpha value is -1.62. The quantitative estimate of drug-likeness (QED) is 0.670. The van der Waals surface area contributed by atoms with Crippen LogP contribution in [0.2, 0.25) is 0 Å². The van der Waals surface area contributed by atoms with Gasteiger partial charge in [0.05, 0.1) is 4.92 Å². The maximum atomic E-state index is 10.8. The third-order valence-electron chi connectivity index (χ3n) is 3.71. The van der Waals surface area contributed by atoms with Gasteiger partial charge in [-0.25, -0.2) is 0 Å². The fourth-order valence-electron chi connectivity index (χ4n) is 2.67. The number of aryl methyl sites for hydroxylation is 1. The van der Waals surface area contributed by atoms with Gasteiger partial charge in [0.15, 0.2) is 0 Å². The van der Waals surface area contributed by atoms with E-state index in [-0.39, 0.29) is 10.6 Å². The molecule has 1 aromatic carbocycles. The van der Waals surface area contributed by atoms with E-state index in [1.165, 1.54) is 19.4 Å². The van der Waals surface area contributed by atoms with Gasteiger partial charge in [0.25, 0.3) is 5.69 Å². The Kier molecular flexibility index (Phi) is 4.37. The molecule has 1 fully saturated rings. The van der Waals surface area contributed by atoms with Crippen molar-refractivity contribution in [1.82, 2.24) is 4.90 Å². The van der Waals surface area contributed by atoms with Crippen molar-refractivity contribution in [2.24, 2.45) is 5.92 Å². The summed E-state index contributed by atoms with van der Waals surface area (Å²) in [7, 11) is 2.15. The number of likely N-dealkylation sites (tertiary alicyclic amines) is 1. The Balaban J connectivity index is 1.92. The van der Waals surface area contributed by atoms with Gasteiger partial charge in [-0.2, -0.15) is 0 Å². The number of hydrogen-bond acceptors (Lipinski definition) is 4. The van der Waals surface area contributed by atoms with Crippen molar-refractivity contribution in [3.63, 3.8) is 0 Å². The Morgan fingerprint density at radius 1 is 1.53 bits per heavy atom. The molecule has 104 valence electrons. The number of nitrogens with one attached hydrogen (secondary N) is 1. The van der Waals surface area contributed by atoms with Crippen LogP contribution in [0.1, 0.15) is 18.4 Å². The third kappa shape index (κ3) is 3.67. The van der Waals surface area contributed by atoms with E-state index < -0.39 is 0 Å². The molecule has 0 bridgehead atoms. The molecular formula is C14H21N3O2. The van der Waals surface area contributed by atoms with E-state index in [2.05, 4.69) is 17.3 Å². The summed E-state index contributed by atoms with van der Waals surface area (Å²) in [6.07, 6.45) is 2.51. The number of nitro groups is 1. The average Bonchev–Trinajstić information content (AvgIpc) is 2.36. The fourth-order valence-corrected chi connectivity index (χ4v) is 2.67. The molecule has 19 heavy (non-hydrogen) atoms. The van der Waals surface area contributed by atoms with Crippen LogP contribution in [0.3, 0.4) is 0 Å². The maximum Gasteiger partial charge on any atom is 0.272 e. The van der Waals surface area contributed by atoms with Crippen LogP contribution < -0.4 is 5.32 Å². The van der Waals surface area contributed by atoms with Gasteiger partial charge in [-0.15, -0.1) is 0 Å². The van der Waals surface area contributed by atoms with Crippen LogP contribution in [0, 0.1) is 23.0 Å². The molecule has 0 aromatic heterocycles. The molecule has 0 amide bonds. The van der Waals surface area contributed by atoms with E-state index in [0.29, 0.717) is 11.5 Å². The Labute approximate surface area is 113 Å². The Morgan fingerprint density at radius 2 is 2.32 bits per heavy atom. The van der Waals surface area contributed by atoms with Crippen LogP contribution in [-0.4, -0.2) is 36.5 Å². The van der Waals surface area contributed by atoms with Gasteiger partial charge in [-0.1, -0.05) is 0 Å². The molecule has 0 aliphatic carbocycles. The van der Waals surface area contributed by atoms with E-state index >= 15 is 0 Å². The van der Waals surface area contributed by atoms with Gasteiger partial charge >= 0.3 is 0 Å². The van der Waals surface area contributed by atoms with Crippen molar-refractivity contribution in [3.05, 3.63) is 33.9 Å². The zero-order valence-electron chi connectivity index (χ0n) is 11.6. The van der Waals surface area contributed by atoms with Gasteiger partial charge in [-0.3, -0.25) is 10.1 Å². The standard InChI is InChI=1S/C14H21N3O2/c1-11-8-13(5-6-14(11)17(18)19)15-9-12-4-3-7-16(2)10-12/h5-6,8,12,15H,3-4,7,9-10H2,1-2H3. The van der Waals surface area contributed by atoms with Crippen molar-refractivity contribution >= 4 is 11.4 Å². The largest absolute Gasteiger partial charge is 0.385 e. The van der Waals surface area contributed by atoms with Gasteiger partial charge < -0.3 is 10.2 Å². The summed E-state index contributed by atoms with van der Waals surface area (Å²) in [5, 5.41) is 14.1. The maximum absolute atomic E-state index is 10.8. The summed E-state index contributed by atoms with van der Waals surface area (Å²) < 4.78 is 0. The minimum atomic E-state index is -0.338. The lowest BCUT2D eigenvalue weighted by Gasteiger charge is -2.30. The summed E-state index contributed by atoms with van der Waals surface area (Å²) in [5.74, 6) is 0.661. The Bertz CT molecular complexity index is 462. The van der Waals surface area contributed by atoms with E-state index in [1.807, 2.05) is 6.07 Å². The van der Waals surface area contributed by atoms with Crippen LogP contribution in [0.4, 0.5) is 11.4 Å². The van der Waals surface area contributed by atoms with E-state index in [0.717, 1.165) is 18.8 Å². The summed E-state index contributed by atoms with van der Waals surface area (Å²) in [6.45, 7) is 5.02. The molecule has 5 nitrogen and oxygen atoms in total. The summed E-state index contributed by atoms with van der Waals surface area (Å²) in [6, 6.07) is 5.22. The highest BCUT2D eigenvalue weighted by Crippen LogP contribution is 2.22. The fraction of sp³-hybridized carbons (Fsp3) is 0.571. The van der Waals surface area contributed by atoms with Crippen LogP contribution in [0.25, 0.3) is 0 Å². The van der Waals surface area contributed by atoms with Crippen LogP contribution in [0.5, 0.6) is 0 Å². The molecule has 0 spiro atoms. The number of anilines is 1. The van der Waals surface area contributed by atoms with Crippen LogP contribution >= 0.6 is 0 Å². The van der Waals surface area contributed by atoms with Crippen molar-refractivity contribution in [2.75, 3.05) is 32.0 Å². The smallest absolute Gasteiger partial charge is 0.272 e. The van der Waals surface area contributed by atoms with Crippen molar-refractivity contribution < 1.29 is 4.92 Å². The SMILES string of the molecule is Cc1cc(NCC2CCCN(C)C2)ccc1[N+](=O)[O-]. The molecule has 1 aromatic rings. The molecular weight excluding hydrogens is 242 g/mol. The second kappa shape index (κ2) is 6.02. The van der Waals surface area contributed by atoms with E-state index in [1.54, 1.807) is 19.1 Å². The average molecular weight is 263 g/mol. The first-order chi connectivity index (χ1) is 9.06. The van der Waals surface area contributed by atoms with Gasteiger partial charge in [0.1, 0.15) is 0 Å². The highest BCUT2D eigenvalue weighted by molar-refractivity contribution is 5.53. The molecule has 1 atom stereocenters. The second-order valence-electron chi connectivity index (χ2n) is 5.41. The Morgan fingerprint density at radius 3 is 2.95 bits per heavy atom. The minimum Gasteiger partial charge on any atom is -0.385 e. The van der Waals surface area contributed by atoms with Crippen molar-refractivity contribution in [3.8, 4) is 0 Å². The summed E-state index contributed by atoms with van der Waals surface area (Å²) >= 11 is 0. The van der Waals surface area contributed by atoms with Gasteiger partial charge in [-0.05, 0) is 51.4 Å². The molecule has 1 aliphatic heterocycles. The van der Waals surface area contributed by atoms with Crippen molar-refractivity contribution in [1.29, 1.82) is 0 Å². The summed E-state index contributed by atoms with van der Waals surface area (Å²) in [5.41, 5.74) is 1.86. The molecule has 1 unspecified atom stereocenters. The monoisotopic (exact) mass is 263 g/mol. The predicted octanol–water partition coefficient (Wildman–Crippen LogP) is 2.66. The molecule has 5 heteroatoms. The minimum absolute atomic E-state index is 0.183. The van der Waals surface area contributed by atoms with Gasteiger partial charge in [0, 0.05) is 30.4 Å². The molecule has 1 saturated heterocycles. The predicted molar refractivity (Wildman–Crippen MR) is 76.5 cm³/mol. The van der Waals surface area contributed by atoms with E-state index in [4.69, 9.17) is 0 Å². The molecule has 2 rings (SSSR count). The zero-order chi connectivity index (χ0) is 13.8. The zero-order valence-corrected chi connectivity index (χ0v) is 11.6. The lowest BCUT2D eigenvalue weighted by atomic mass is 9.98. The normalized spacial score (nSPS) is 20.2.